The van der Waals surface area contributed by atoms with Gasteiger partial charge in [-0.1, -0.05) is 45.0 Å². The van der Waals surface area contributed by atoms with Crippen molar-refractivity contribution in [2.45, 2.75) is 33.7 Å². The van der Waals surface area contributed by atoms with Crippen molar-refractivity contribution < 1.29 is 0 Å². The molecule has 0 aliphatic heterocycles. The predicted molar refractivity (Wildman–Crippen MR) is 67.0 cm³/mol. The normalized spacial score (nSPS) is 15.3. The summed E-state index contributed by atoms with van der Waals surface area (Å²) in [4.78, 5) is 0. The Morgan fingerprint density at radius 1 is 1.07 bits per heavy atom. The molecule has 0 aliphatic rings. The molecule has 0 bridgehead atoms. The first-order valence-electron chi connectivity index (χ1n) is 5.80. The van der Waals surface area contributed by atoms with Crippen molar-refractivity contribution in [3.8, 4) is 0 Å². The van der Waals surface area contributed by atoms with Gasteiger partial charge in [-0.2, -0.15) is 0 Å². The smallest absolute Gasteiger partial charge is 0.0348 e. The van der Waals surface area contributed by atoms with Gasteiger partial charge in [-0.3, -0.25) is 0 Å². The maximum atomic E-state index is 3.44. The molecule has 1 aromatic rings. The Kier molecular flexibility index (Phi) is 4.34. The monoisotopic (exact) mass is 205 g/mol. The van der Waals surface area contributed by atoms with Crippen LogP contribution in [-0.4, -0.2) is 7.05 Å². The number of nitrogens with one attached hydrogen (secondary N) is 1. The van der Waals surface area contributed by atoms with Gasteiger partial charge < -0.3 is 5.32 Å². The van der Waals surface area contributed by atoms with E-state index in [1.54, 1.807) is 0 Å². The van der Waals surface area contributed by atoms with Crippen LogP contribution in [0.5, 0.6) is 0 Å². The van der Waals surface area contributed by atoms with Crippen LogP contribution in [-0.2, 0) is 0 Å². The maximum absolute atomic E-state index is 3.44. The molecule has 1 N–H and O–H groups in total. The highest BCUT2D eigenvalue weighted by Gasteiger charge is 2.21. The molecule has 2 unspecified atom stereocenters. The lowest BCUT2D eigenvalue weighted by Gasteiger charge is -2.28. The zero-order chi connectivity index (χ0) is 11.4. The summed E-state index contributed by atoms with van der Waals surface area (Å²) >= 11 is 0. The lowest BCUT2D eigenvalue weighted by atomic mass is 9.84. The highest BCUT2D eigenvalue weighted by molar-refractivity contribution is 5.29. The number of hydrogen-bond acceptors (Lipinski definition) is 1. The van der Waals surface area contributed by atoms with E-state index in [0.717, 1.165) is 0 Å². The molecule has 1 rings (SSSR count). The summed E-state index contributed by atoms with van der Waals surface area (Å²) in [6.45, 7) is 9.07. The SMILES string of the molecule is CNC(c1ccccc1C)C(C)C(C)C. The Bertz CT molecular complexity index is 304. The average molecular weight is 205 g/mol. The zero-order valence-corrected chi connectivity index (χ0v) is 10.5. The van der Waals surface area contributed by atoms with Crippen LogP contribution >= 0.6 is 0 Å². The summed E-state index contributed by atoms with van der Waals surface area (Å²) in [5, 5.41) is 3.44. The van der Waals surface area contributed by atoms with Crippen molar-refractivity contribution in [2.24, 2.45) is 11.8 Å². The Labute approximate surface area is 93.9 Å². The fourth-order valence-electron chi connectivity index (χ4n) is 2.02. The second-order valence-corrected chi connectivity index (χ2v) is 4.73. The van der Waals surface area contributed by atoms with Gasteiger partial charge in [-0.15, -0.1) is 0 Å². The minimum absolute atomic E-state index is 0.464. The van der Waals surface area contributed by atoms with E-state index in [9.17, 15) is 0 Å². The third kappa shape index (κ3) is 2.82. The first-order chi connectivity index (χ1) is 7.07. The predicted octanol–water partition coefficient (Wildman–Crippen LogP) is 3.55. The van der Waals surface area contributed by atoms with Gasteiger partial charge in [0.15, 0.2) is 0 Å². The first-order valence-corrected chi connectivity index (χ1v) is 5.80. The van der Waals surface area contributed by atoms with Crippen LogP contribution in [0.3, 0.4) is 0 Å². The Hall–Kier alpha value is -0.820. The van der Waals surface area contributed by atoms with Gasteiger partial charge in [0.05, 0.1) is 0 Å². The molecule has 0 aliphatic carbocycles. The van der Waals surface area contributed by atoms with E-state index in [-0.39, 0.29) is 0 Å². The molecule has 0 amide bonds. The van der Waals surface area contributed by atoms with Crippen LogP contribution in [0.2, 0.25) is 0 Å². The molecule has 84 valence electrons. The lowest BCUT2D eigenvalue weighted by Crippen LogP contribution is -2.27. The molecule has 0 saturated heterocycles. The molecule has 0 heterocycles. The molecule has 1 nitrogen and oxygen atoms in total. The Morgan fingerprint density at radius 3 is 2.13 bits per heavy atom. The van der Waals surface area contributed by atoms with Gasteiger partial charge in [0.2, 0.25) is 0 Å². The summed E-state index contributed by atoms with van der Waals surface area (Å²) in [6.07, 6.45) is 0. The lowest BCUT2D eigenvalue weighted by molar-refractivity contribution is 0.316. The van der Waals surface area contributed by atoms with Crippen LogP contribution in [0.1, 0.15) is 37.9 Å². The van der Waals surface area contributed by atoms with Crippen LogP contribution in [0.25, 0.3) is 0 Å². The van der Waals surface area contributed by atoms with E-state index in [1.165, 1.54) is 11.1 Å². The topological polar surface area (TPSA) is 12.0 Å². The highest BCUT2D eigenvalue weighted by Crippen LogP contribution is 2.29. The molecule has 15 heavy (non-hydrogen) atoms. The van der Waals surface area contributed by atoms with Crippen molar-refractivity contribution >= 4 is 0 Å². The molecule has 0 aromatic heterocycles. The molecule has 1 aromatic carbocycles. The minimum Gasteiger partial charge on any atom is -0.313 e. The van der Waals surface area contributed by atoms with Gasteiger partial charge in [0, 0.05) is 6.04 Å². The number of benzene rings is 1. The van der Waals surface area contributed by atoms with Crippen LogP contribution in [0.15, 0.2) is 24.3 Å². The zero-order valence-electron chi connectivity index (χ0n) is 10.5. The fourth-order valence-corrected chi connectivity index (χ4v) is 2.02. The van der Waals surface area contributed by atoms with Crippen molar-refractivity contribution in [1.29, 1.82) is 0 Å². The second-order valence-electron chi connectivity index (χ2n) is 4.73. The van der Waals surface area contributed by atoms with E-state index in [4.69, 9.17) is 0 Å². The second kappa shape index (κ2) is 5.32. The van der Waals surface area contributed by atoms with Crippen molar-refractivity contribution in [3.05, 3.63) is 35.4 Å². The number of rotatable bonds is 4. The molecule has 0 saturated carbocycles. The molecule has 0 radical (unpaired) electrons. The molecule has 1 heteroatoms. The Morgan fingerprint density at radius 2 is 1.67 bits per heavy atom. The summed E-state index contributed by atoms with van der Waals surface area (Å²) in [6, 6.07) is 9.11. The molecular weight excluding hydrogens is 182 g/mol. The van der Waals surface area contributed by atoms with E-state index in [1.807, 2.05) is 0 Å². The largest absolute Gasteiger partial charge is 0.313 e. The summed E-state index contributed by atoms with van der Waals surface area (Å²) in [5.41, 5.74) is 2.81. The standard InChI is InChI=1S/C14H23N/c1-10(2)12(4)14(15-5)13-9-7-6-8-11(13)3/h6-10,12,14-15H,1-5H3. The van der Waals surface area contributed by atoms with E-state index >= 15 is 0 Å². The molecule has 2 atom stereocenters. The first kappa shape index (κ1) is 12.3. The summed E-state index contributed by atoms with van der Waals surface area (Å²) in [5.74, 6) is 1.35. The van der Waals surface area contributed by atoms with Crippen LogP contribution in [0.4, 0.5) is 0 Å². The number of aryl methyl sites for hydroxylation is 1. The number of hydrogen-bond donors (Lipinski definition) is 1. The average Bonchev–Trinajstić information content (AvgIpc) is 2.21. The fraction of sp³-hybridized carbons (Fsp3) is 0.571. The van der Waals surface area contributed by atoms with Crippen molar-refractivity contribution in [1.82, 2.24) is 5.32 Å². The van der Waals surface area contributed by atoms with Crippen molar-refractivity contribution in [2.75, 3.05) is 7.05 Å². The summed E-state index contributed by atoms with van der Waals surface area (Å²) < 4.78 is 0. The van der Waals surface area contributed by atoms with Gasteiger partial charge >= 0.3 is 0 Å². The van der Waals surface area contributed by atoms with E-state index < -0.39 is 0 Å². The third-order valence-corrected chi connectivity index (χ3v) is 3.41. The van der Waals surface area contributed by atoms with Gasteiger partial charge in [-0.05, 0) is 36.9 Å². The molecule has 0 spiro atoms. The van der Waals surface area contributed by atoms with Gasteiger partial charge in [0.25, 0.3) is 0 Å². The minimum atomic E-state index is 0.464. The quantitative estimate of drug-likeness (QED) is 0.792. The highest BCUT2D eigenvalue weighted by atomic mass is 14.9. The molecular formula is C14H23N. The van der Waals surface area contributed by atoms with Gasteiger partial charge in [-0.25, -0.2) is 0 Å². The van der Waals surface area contributed by atoms with Crippen LogP contribution in [0, 0.1) is 18.8 Å². The Balaban J connectivity index is 2.97. The molecule has 0 fully saturated rings. The van der Waals surface area contributed by atoms with Crippen molar-refractivity contribution in [3.63, 3.8) is 0 Å². The third-order valence-electron chi connectivity index (χ3n) is 3.41. The van der Waals surface area contributed by atoms with Crippen LogP contribution < -0.4 is 5.32 Å². The van der Waals surface area contributed by atoms with E-state index in [2.05, 4.69) is 64.3 Å². The maximum Gasteiger partial charge on any atom is 0.0348 e. The summed E-state index contributed by atoms with van der Waals surface area (Å²) in [7, 11) is 2.05. The van der Waals surface area contributed by atoms with Gasteiger partial charge in [0.1, 0.15) is 0 Å². The van der Waals surface area contributed by atoms with E-state index in [0.29, 0.717) is 17.9 Å².